The van der Waals surface area contributed by atoms with Gasteiger partial charge >= 0.3 is 0 Å². The summed E-state index contributed by atoms with van der Waals surface area (Å²) >= 11 is 10.2. The molecule has 1 heterocycles. The molecule has 0 nitrogen and oxygen atoms in total. The summed E-state index contributed by atoms with van der Waals surface area (Å²) in [6, 6.07) is 4.93. The summed E-state index contributed by atoms with van der Waals surface area (Å²) in [6.07, 6.45) is -2.43. The fourth-order valence-corrected chi connectivity index (χ4v) is 3.25. The molecule has 2 aromatic rings. The molecule has 0 saturated carbocycles. The van der Waals surface area contributed by atoms with E-state index < -0.39 is 6.43 Å². The van der Waals surface area contributed by atoms with Gasteiger partial charge in [-0.05, 0) is 18.2 Å². The SMILES string of the molecule is FC(F)c1cc2c(Cl)cc(Br)cc2s1. The summed E-state index contributed by atoms with van der Waals surface area (Å²) < 4.78 is 26.4. The molecule has 74 valence electrons. The average Bonchev–Trinajstić information content (AvgIpc) is 2.47. The van der Waals surface area contributed by atoms with E-state index in [-0.39, 0.29) is 4.88 Å². The molecular formula is C9H4BrClF2S. The van der Waals surface area contributed by atoms with Crippen molar-refractivity contribution in [1.29, 1.82) is 0 Å². The van der Waals surface area contributed by atoms with Crippen LogP contribution in [-0.2, 0) is 0 Å². The molecule has 0 N–H and O–H groups in total. The molecule has 0 saturated heterocycles. The minimum absolute atomic E-state index is 0.0556. The second kappa shape index (κ2) is 3.76. The van der Waals surface area contributed by atoms with Gasteiger partial charge in [0, 0.05) is 14.6 Å². The first-order valence-corrected chi connectivity index (χ1v) is 5.73. The second-order valence-corrected chi connectivity index (χ2v) is 5.19. The zero-order valence-electron chi connectivity index (χ0n) is 6.73. The Bertz CT molecular complexity index is 481. The highest BCUT2D eigenvalue weighted by Gasteiger charge is 2.13. The van der Waals surface area contributed by atoms with Gasteiger partial charge in [-0.3, -0.25) is 0 Å². The maximum Gasteiger partial charge on any atom is 0.272 e. The number of thiophene rings is 1. The molecule has 0 bridgehead atoms. The monoisotopic (exact) mass is 296 g/mol. The van der Waals surface area contributed by atoms with Crippen molar-refractivity contribution in [2.24, 2.45) is 0 Å². The second-order valence-electron chi connectivity index (χ2n) is 2.75. The molecule has 0 amide bonds. The van der Waals surface area contributed by atoms with Gasteiger partial charge in [0.15, 0.2) is 0 Å². The van der Waals surface area contributed by atoms with Crippen LogP contribution in [0.15, 0.2) is 22.7 Å². The lowest BCUT2D eigenvalue weighted by molar-refractivity contribution is 0.156. The Hall–Kier alpha value is -0.190. The molecule has 0 atom stereocenters. The number of alkyl halides is 2. The predicted molar refractivity (Wildman–Crippen MR) is 59.5 cm³/mol. The number of hydrogen-bond donors (Lipinski definition) is 0. The van der Waals surface area contributed by atoms with Gasteiger partial charge in [0.05, 0.1) is 9.90 Å². The molecule has 0 spiro atoms. The fraction of sp³-hybridized carbons (Fsp3) is 0.111. The molecule has 5 heteroatoms. The largest absolute Gasteiger partial charge is 0.272 e. The van der Waals surface area contributed by atoms with Gasteiger partial charge in [-0.1, -0.05) is 27.5 Å². The molecule has 0 radical (unpaired) electrons. The van der Waals surface area contributed by atoms with Gasteiger partial charge in [-0.25, -0.2) is 8.78 Å². The third-order valence-corrected chi connectivity index (χ3v) is 3.65. The third kappa shape index (κ3) is 1.78. The maximum atomic E-state index is 12.4. The Morgan fingerprint density at radius 2 is 2.00 bits per heavy atom. The Balaban J connectivity index is 2.70. The van der Waals surface area contributed by atoms with Crippen molar-refractivity contribution < 1.29 is 8.78 Å². The average molecular weight is 298 g/mol. The molecule has 1 aromatic carbocycles. The van der Waals surface area contributed by atoms with Crippen LogP contribution in [0.2, 0.25) is 5.02 Å². The van der Waals surface area contributed by atoms with Crippen molar-refractivity contribution in [3.05, 3.63) is 32.6 Å². The molecule has 14 heavy (non-hydrogen) atoms. The van der Waals surface area contributed by atoms with E-state index in [1.165, 1.54) is 6.07 Å². The molecule has 2 rings (SSSR count). The zero-order chi connectivity index (χ0) is 10.3. The first-order chi connectivity index (χ1) is 6.58. The van der Waals surface area contributed by atoms with E-state index in [4.69, 9.17) is 11.6 Å². The first-order valence-electron chi connectivity index (χ1n) is 3.74. The summed E-state index contributed by atoms with van der Waals surface area (Å²) in [5.41, 5.74) is 0. The van der Waals surface area contributed by atoms with Crippen molar-refractivity contribution >= 4 is 49.0 Å². The van der Waals surface area contributed by atoms with Crippen LogP contribution in [0.4, 0.5) is 8.78 Å². The van der Waals surface area contributed by atoms with Gasteiger partial charge in [-0.2, -0.15) is 0 Å². The highest BCUT2D eigenvalue weighted by Crippen LogP contribution is 2.37. The zero-order valence-corrected chi connectivity index (χ0v) is 9.89. The molecule has 0 aliphatic heterocycles. The van der Waals surface area contributed by atoms with Crippen molar-refractivity contribution in [3.8, 4) is 0 Å². The van der Waals surface area contributed by atoms with Crippen molar-refractivity contribution in [2.75, 3.05) is 0 Å². The van der Waals surface area contributed by atoms with E-state index in [9.17, 15) is 8.78 Å². The number of hydrogen-bond acceptors (Lipinski definition) is 1. The van der Waals surface area contributed by atoms with Gasteiger partial charge in [0.2, 0.25) is 0 Å². The molecule has 1 aromatic heterocycles. The number of fused-ring (bicyclic) bond motifs is 1. The number of benzene rings is 1. The lowest BCUT2D eigenvalue weighted by atomic mass is 10.2. The quantitative estimate of drug-likeness (QED) is 0.674. The molecule has 0 unspecified atom stereocenters. The van der Waals surface area contributed by atoms with Crippen molar-refractivity contribution in [3.63, 3.8) is 0 Å². The Kier molecular flexibility index (Phi) is 2.77. The summed E-state index contributed by atoms with van der Waals surface area (Å²) in [5.74, 6) is 0. The third-order valence-electron chi connectivity index (χ3n) is 1.79. The van der Waals surface area contributed by atoms with Gasteiger partial charge in [0.1, 0.15) is 0 Å². The van der Waals surface area contributed by atoms with Crippen LogP contribution >= 0.6 is 38.9 Å². The van der Waals surface area contributed by atoms with E-state index in [1.807, 2.05) is 0 Å². The normalized spacial score (nSPS) is 11.5. The van der Waals surface area contributed by atoms with Crippen LogP contribution < -0.4 is 0 Å². The smallest absolute Gasteiger partial charge is 0.204 e. The highest BCUT2D eigenvalue weighted by atomic mass is 79.9. The molecule has 0 fully saturated rings. The van der Waals surface area contributed by atoms with E-state index in [0.717, 1.165) is 20.5 Å². The minimum atomic E-state index is -2.43. The molecular weight excluding hydrogens is 294 g/mol. The fourth-order valence-electron chi connectivity index (χ4n) is 1.19. The van der Waals surface area contributed by atoms with Gasteiger partial charge in [0.25, 0.3) is 6.43 Å². The van der Waals surface area contributed by atoms with Crippen molar-refractivity contribution in [1.82, 2.24) is 0 Å². The van der Waals surface area contributed by atoms with Gasteiger partial charge < -0.3 is 0 Å². The van der Waals surface area contributed by atoms with Crippen LogP contribution in [0.25, 0.3) is 10.1 Å². The Morgan fingerprint density at radius 1 is 1.29 bits per heavy atom. The van der Waals surface area contributed by atoms with Crippen LogP contribution in [0.5, 0.6) is 0 Å². The Morgan fingerprint density at radius 3 is 2.64 bits per heavy atom. The minimum Gasteiger partial charge on any atom is -0.204 e. The lowest BCUT2D eigenvalue weighted by Gasteiger charge is -1.94. The van der Waals surface area contributed by atoms with Gasteiger partial charge in [-0.15, -0.1) is 11.3 Å². The standard InChI is InChI=1S/C9H4BrClF2S/c10-4-1-6(11)5-3-8(9(12)13)14-7(5)2-4/h1-3,9H. The Labute approximate surface area is 96.6 Å². The van der Waals surface area contributed by atoms with E-state index in [0.29, 0.717) is 10.4 Å². The summed E-state index contributed by atoms with van der Waals surface area (Å²) in [6.45, 7) is 0. The van der Waals surface area contributed by atoms with Crippen LogP contribution in [-0.4, -0.2) is 0 Å². The van der Waals surface area contributed by atoms with E-state index >= 15 is 0 Å². The topological polar surface area (TPSA) is 0 Å². The van der Waals surface area contributed by atoms with Crippen molar-refractivity contribution in [2.45, 2.75) is 6.43 Å². The lowest BCUT2D eigenvalue weighted by Crippen LogP contribution is -1.72. The van der Waals surface area contributed by atoms with E-state index in [1.54, 1.807) is 12.1 Å². The first kappa shape index (κ1) is 10.3. The van der Waals surface area contributed by atoms with E-state index in [2.05, 4.69) is 15.9 Å². The predicted octanol–water partition coefficient (Wildman–Crippen LogP) is 5.25. The van der Waals surface area contributed by atoms with Crippen LogP contribution in [0, 0.1) is 0 Å². The van der Waals surface area contributed by atoms with Crippen LogP contribution in [0.3, 0.4) is 0 Å². The number of rotatable bonds is 1. The maximum absolute atomic E-state index is 12.4. The number of halogens is 4. The summed E-state index contributed by atoms with van der Waals surface area (Å²) in [4.78, 5) is 0.0556. The highest BCUT2D eigenvalue weighted by molar-refractivity contribution is 9.10. The molecule has 0 aliphatic carbocycles. The summed E-state index contributed by atoms with van der Waals surface area (Å²) in [5, 5.41) is 1.19. The molecule has 0 aliphatic rings. The van der Waals surface area contributed by atoms with Crippen LogP contribution in [0.1, 0.15) is 11.3 Å². The summed E-state index contributed by atoms with van der Waals surface area (Å²) in [7, 11) is 0.